The fraction of sp³-hybridized carbons (Fsp3) is 0.769. The maximum atomic E-state index is 9.10. The Morgan fingerprint density at radius 2 is 1.10 bits per heavy atom. The lowest BCUT2D eigenvalue weighted by molar-refractivity contribution is 0.283. The zero-order valence-corrected chi connectivity index (χ0v) is 19.7. The van der Waals surface area contributed by atoms with Crippen LogP contribution in [0.5, 0.6) is 0 Å². The molecule has 0 atom stereocenters. The lowest BCUT2D eigenvalue weighted by Crippen LogP contribution is -2.04. The van der Waals surface area contributed by atoms with Gasteiger partial charge in [-0.25, -0.2) is 0 Å². The molecule has 0 unspecified atom stereocenters. The highest BCUT2D eigenvalue weighted by Gasteiger charge is 2.11. The lowest BCUT2D eigenvalue weighted by atomic mass is 9.88. The van der Waals surface area contributed by atoms with Crippen LogP contribution < -0.4 is 0 Å². The van der Waals surface area contributed by atoms with Gasteiger partial charge in [0.05, 0.1) is 0 Å². The molecule has 1 N–H and O–H groups in total. The summed E-state index contributed by atoms with van der Waals surface area (Å²) < 4.78 is 0. The van der Waals surface area contributed by atoms with Crippen LogP contribution in [0.15, 0.2) is 17.2 Å². The number of rotatable bonds is 19. The standard InChI is InChI=1S/C26H45N3O/c1-3-5-9-15-23-21-25(17-11-7-13-19-28-29-27)26(18-12-8-14-20-30)22-24(23)16-10-6-4-2/h21-22,30H,3-20H2,1-2H3. The van der Waals surface area contributed by atoms with Gasteiger partial charge in [-0.05, 0) is 92.0 Å². The zero-order chi connectivity index (χ0) is 21.9. The molecule has 0 spiro atoms. The molecule has 0 heterocycles. The highest BCUT2D eigenvalue weighted by Crippen LogP contribution is 2.25. The first-order valence-corrected chi connectivity index (χ1v) is 12.5. The van der Waals surface area contributed by atoms with Crippen molar-refractivity contribution in [3.63, 3.8) is 0 Å². The van der Waals surface area contributed by atoms with Crippen LogP contribution in [0.25, 0.3) is 10.4 Å². The highest BCUT2D eigenvalue weighted by molar-refractivity contribution is 5.39. The van der Waals surface area contributed by atoms with Crippen molar-refractivity contribution in [3.05, 3.63) is 44.8 Å². The average molecular weight is 416 g/mol. The Morgan fingerprint density at radius 3 is 1.50 bits per heavy atom. The number of benzene rings is 1. The maximum Gasteiger partial charge on any atom is 0.0431 e. The van der Waals surface area contributed by atoms with Crippen molar-refractivity contribution in [2.75, 3.05) is 13.2 Å². The maximum absolute atomic E-state index is 9.10. The first-order valence-electron chi connectivity index (χ1n) is 12.5. The molecule has 4 heteroatoms. The second-order valence-corrected chi connectivity index (χ2v) is 8.60. The summed E-state index contributed by atoms with van der Waals surface area (Å²) in [7, 11) is 0. The molecule has 0 fully saturated rings. The van der Waals surface area contributed by atoms with Gasteiger partial charge < -0.3 is 5.11 Å². The molecular formula is C26H45N3O. The van der Waals surface area contributed by atoms with Crippen LogP contribution in [0, 0.1) is 0 Å². The third kappa shape index (κ3) is 11.6. The predicted octanol–water partition coefficient (Wildman–Crippen LogP) is 7.88. The topological polar surface area (TPSA) is 69.0 Å². The fourth-order valence-corrected chi connectivity index (χ4v) is 4.18. The third-order valence-corrected chi connectivity index (χ3v) is 5.99. The summed E-state index contributed by atoms with van der Waals surface area (Å²) in [5, 5.41) is 12.8. The Morgan fingerprint density at radius 1 is 0.667 bits per heavy atom. The molecule has 0 aromatic heterocycles. The number of hydrogen-bond donors (Lipinski definition) is 1. The van der Waals surface area contributed by atoms with Crippen LogP contribution in [0.1, 0.15) is 113 Å². The number of nitrogens with zero attached hydrogens (tertiary/aromatic N) is 3. The normalized spacial score (nSPS) is 10.9. The summed E-state index contributed by atoms with van der Waals surface area (Å²) in [5.41, 5.74) is 14.7. The summed E-state index contributed by atoms with van der Waals surface area (Å²) in [6, 6.07) is 5.07. The molecule has 4 nitrogen and oxygen atoms in total. The number of hydrogen-bond acceptors (Lipinski definition) is 2. The Balaban J connectivity index is 2.91. The smallest absolute Gasteiger partial charge is 0.0431 e. The molecule has 0 radical (unpaired) electrons. The molecule has 1 aromatic carbocycles. The fourth-order valence-electron chi connectivity index (χ4n) is 4.18. The van der Waals surface area contributed by atoms with Crippen molar-refractivity contribution >= 4 is 0 Å². The quantitative estimate of drug-likeness (QED) is 0.106. The van der Waals surface area contributed by atoms with E-state index in [0.29, 0.717) is 13.2 Å². The molecule has 0 amide bonds. The van der Waals surface area contributed by atoms with Crippen molar-refractivity contribution in [2.24, 2.45) is 5.11 Å². The van der Waals surface area contributed by atoms with Gasteiger partial charge >= 0.3 is 0 Å². The monoisotopic (exact) mass is 415 g/mol. The average Bonchev–Trinajstić information content (AvgIpc) is 2.75. The molecule has 1 rings (SSSR count). The van der Waals surface area contributed by atoms with Crippen LogP contribution in [0.4, 0.5) is 0 Å². The summed E-state index contributed by atoms with van der Waals surface area (Å²) in [4.78, 5) is 2.85. The molecule has 0 saturated carbocycles. The minimum absolute atomic E-state index is 0.302. The van der Waals surface area contributed by atoms with Crippen LogP contribution in [-0.4, -0.2) is 18.3 Å². The summed E-state index contributed by atoms with van der Waals surface area (Å²) in [6.07, 6.45) is 18.9. The predicted molar refractivity (Wildman–Crippen MR) is 129 cm³/mol. The Bertz CT molecular complexity index is 609. The molecule has 30 heavy (non-hydrogen) atoms. The van der Waals surface area contributed by atoms with Crippen LogP contribution in [0.2, 0.25) is 0 Å². The molecule has 0 aliphatic heterocycles. The van der Waals surface area contributed by atoms with E-state index in [1.165, 1.54) is 62.5 Å². The van der Waals surface area contributed by atoms with Gasteiger partial charge in [-0.3, -0.25) is 0 Å². The first-order chi connectivity index (χ1) is 14.8. The number of aliphatic hydroxyl groups is 1. The van der Waals surface area contributed by atoms with Gasteiger partial charge in [0, 0.05) is 18.1 Å². The number of azide groups is 1. The largest absolute Gasteiger partial charge is 0.396 e. The number of aliphatic hydroxyl groups excluding tert-OH is 1. The van der Waals surface area contributed by atoms with E-state index in [0.717, 1.165) is 51.4 Å². The van der Waals surface area contributed by atoms with E-state index >= 15 is 0 Å². The van der Waals surface area contributed by atoms with Gasteiger partial charge in [-0.15, -0.1) is 0 Å². The van der Waals surface area contributed by atoms with Gasteiger partial charge in [-0.2, -0.15) is 0 Å². The van der Waals surface area contributed by atoms with E-state index in [1.54, 1.807) is 11.1 Å². The zero-order valence-electron chi connectivity index (χ0n) is 19.7. The van der Waals surface area contributed by atoms with Gasteiger partial charge in [-0.1, -0.05) is 69.6 Å². The number of unbranched alkanes of at least 4 members (excludes halogenated alkanes) is 8. The van der Waals surface area contributed by atoms with Crippen molar-refractivity contribution < 1.29 is 5.11 Å². The summed E-state index contributed by atoms with van der Waals surface area (Å²) >= 11 is 0. The Kier molecular flexibility index (Phi) is 16.2. The van der Waals surface area contributed by atoms with Gasteiger partial charge in [0.1, 0.15) is 0 Å². The van der Waals surface area contributed by atoms with Crippen molar-refractivity contribution in [1.29, 1.82) is 0 Å². The van der Waals surface area contributed by atoms with Crippen molar-refractivity contribution in [2.45, 2.75) is 117 Å². The second kappa shape index (κ2) is 18.3. The van der Waals surface area contributed by atoms with Crippen LogP contribution in [-0.2, 0) is 25.7 Å². The second-order valence-electron chi connectivity index (χ2n) is 8.60. The minimum Gasteiger partial charge on any atom is -0.396 e. The van der Waals surface area contributed by atoms with E-state index in [1.807, 2.05) is 0 Å². The van der Waals surface area contributed by atoms with Crippen molar-refractivity contribution in [3.8, 4) is 0 Å². The van der Waals surface area contributed by atoms with E-state index in [9.17, 15) is 0 Å². The Hall–Kier alpha value is -1.51. The highest BCUT2D eigenvalue weighted by atomic mass is 16.2. The molecule has 0 aliphatic rings. The van der Waals surface area contributed by atoms with Crippen LogP contribution in [0.3, 0.4) is 0 Å². The lowest BCUT2D eigenvalue weighted by Gasteiger charge is -2.17. The molecule has 170 valence electrons. The third-order valence-electron chi connectivity index (χ3n) is 5.99. The van der Waals surface area contributed by atoms with Gasteiger partial charge in [0.2, 0.25) is 0 Å². The van der Waals surface area contributed by atoms with Gasteiger partial charge in [0.25, 0.3) is 0 Å². The Labute approximate surface area is 185 Å². The summed E-state index contributed by atoms with van der Waals surface area (Å²) in [6.45, 7) is 5.47. The van der Waals surface area contributed by atoms with E-state index in [4.69, 9.17) is 10.6 Å². The molecular weight excluding hydrogens is 370 g/mol. The SMILES string of the molecule is CCCCCc1cc(CCCCCO)c(CCCCCN=[N+]=[N-])cc1CCCCC. The first kappa shape index (κ1) is 26.5. The summed E-state index contributed by atoms with van der Waals surface area (Å²) in [5.74, 6) is 0. The van der Waals surface area contributed by atoms with E-state index < -0.39 is 0 Å². The molecule has 1 aromatic rings. The van der Waals surface area contributed by atoms with Crippen molar-refractivity contribution in [1.82, 2.24) is 0 Å². The molecule has 0 saturated heterocycles. The molecule has 0 bridgehead atoms. The number of aryl methyl sites for hydroxylation is 4. The van der Waals surface area contributed by atoms with Crippen LogP contribution >= 0.6 is 0 Å². The van der Waals surface area contributed by atoms with E-state index in [-0.39, 0.29) is 0 Å². The minimum atomic E-state index is 0.302. The molecule has 0 aliphatic carbocycles. The van der Waals surface area contributed by atoms with Gasteiger partial charge in [0.15, 0.2) is 0 Å². The van der Waals surface area contributed by atoms with E-state index in [2.05, 4.69) is 36.0 Å².